The van der Waals surface area contributed by atoms with Crippen LogP contribution >= 0.6 is 11.6 Å². The van der Waals surface area contributed by atoms with E-state index in [4.69, 9.17) is 22.1 Å². The second-order valence-electron chi connectivity index (χ2n) is 4.47. The summed E-state index contributed by atoms with van der Waals surface area (Å²) in [6, 6.07) is 8.65. The van der Waals surface area contributed by atoms with Crippen LogP contribution < -0.4 is 10.5 Å². The highest BCUT2D eigenvalue weighted by Gasteiger charge is 2.10. The maximum absolute atomic E-state index is 13.7. The Bertz CT molecular complexity index is 617. The Morgan fingerprint density at radius 2 is 2.00 bits per heavy atom. The fourth-order valence-corrected chi connectivity index (χ4v) is 1.98. The quantitative estimate of drug-likeness (QED) is 0.917. The van der Waals surface area contributed by atoms with Crippen molar-refractivity contribution in [2.45, 2.75) is 19.6 Å². The van der Waals surface area contributed by atoms with Gasteiger partial charge in [-0.05, 0) is 19.1 Å². The van der Waals surface area contributed by atoms with Gasteiger partial charge in [-0.15, -0.1) is 0 Å². The summed E-state index contributed by atoms with van der Waals surface area (Å²) >= 11 is 5.67. The van der Waals surface area contributed by atoms with Crippen molar-refractivity contribution in [3.05, 3.63) is 64.2 Å². The molecule has 0 aliphatic rings. The van der Waals surface area contributed by atoms with Crippen LogP contribution in [0.4, 0.5) is 8.78 Å². The van der Waals surface area contributed by atoms with Crippen molar-refractivity contribution >= 4 is 11.6 Å². The minimum atomic E-state index is -0.526. The van der Waals surface area contributed by atoms with E-state index in [1.807, 2.05) is 0 Å². The van der Waals surface area contributed by atoms with Crippen molar-refractivity contribution in [3.8, 4) is 5.75 Å². The Kier molecular flexibility index (Phi) is 4.57. The van der Waals surface area contributed by atoms with Gasteiger partial charge in [0.2, 0.25) is 0 Å². The van der Waals surface area contributed by atoms with Crippen molar-refractivity contribution in [2.75, 3.05) is 0 Å². The minimum absolute atomic E-state index is 0.0244. The Morgan fingerprint density at radius 1 is 1.25 bits per heavy atom. The van der Waals surface area contributed by atoms with Crippen LogP contribution in [-0.4, -0.2) is 0 Å². The van der Waals surface area contributed by atoms with Gasteiger partial charge in [-0.25, -0.2) is 8.78 Å². The van der Waals surface area contributed by atoms with Gasteiger partial charge in [0.1, 0.15) is 24.0 Å². The normalized spacial score (nSPS) is 12.2. The van der Waals surface area contributed by atoms with Gasteiger partial charge in [-0.2, -0.15) is 0 Å². The van der Waals surface area contributed by atoms with Crippen LogP contribution in [-0.2, 0) is 6.61 Å². The molecule has 0 amide bonds. The Hall–Kier alpha value is -1.65. The van der Waals surface area contributed by atoms with Gasteiger partial charge >= 0.3 is 0 Å². The molecule has 2 aromatic carbocycles. The van der Waals surface area contributed by atoms with Crippen molar-refractivity contribution in [1.82, 2.24) is 0 Å². The van der Waals surface area contributed by atoms with Crippen LogP contribution in [0.15, 0.2) is 36.4 Å². The zero-order valence-corrected chi connectivity index (χ0v) is 11.6. The van der Waals surface area contributed by atoms with E-state index in [1.54, 1.807) is 31.2 Å². The number of hydrogen-bond donors (Lipinski definition) is 1. The maximum Gasteiger partial charge on any atom is 0.148 e. The summed E-state index contributed by atoms with van der Waals surface area (Å²) in [5, 5.41) is 0.0320. The van der Waals surface area contributed by atoms with Gasteiger partial charge in [0, 0.05) is 23.2 Å². The molecule has 0 spiro atoms. The smallest absolute Gasteiger partial charge is 0.148 e. The molecule has 0 aromatic heterocycles. The Labute approximate surface area is 121 Å². The lowest BCUT2D eigenvalue weighted by atomic mass is 10.1. The van der Waals surface area contributed by atoms with Gasteiger partial charge in [0.15, 0.2) is 0 Å². The predicted molar refractivity (Wildman–Crippen MR) is 74.7 cm³/mol. The average molecular weight is 298 g/mol. The van der Waals surface area contributed by atoms with Crippen LogP contribution in [0, 0.1) is 11.6 Å². The zero-order chi connectivity index (χ0) is 14.7. The van der Waals surface area contributed by atoms with E-state index in [1.165, 1.54) is 12.1 Å². The standard InChI is InChI=1S/C15H14ClF2NO/c1-9(19)12-6-5-11(7-14(12)17)20-8-10-3-2-4-13(16)15(10)18/h2-7,9H,8,19H2,1H3/t9-/m1/s1. The van der Waals surface area contributed by atoms with Gasteiger partial charge in [0.05, 0.1) is 5.02 Å². The van der Waals surface area contributed by atoms with Crippen molar-refractivity contribution in [1.29, 1.82) is 0 Å². The molecule has 0 saturated carbocycles. The number of nitrogens with two attached hydrogens (primary N) is 1. The summed E-state index contributed by atoms with van der Waals surface area (Å²) in [5.41, 5.74) is 6.34. The molecule has 0 fully saturated rings. The molecule has 0 aliphatic carbocycles. The summed E-state index contributed by atoms with van der Waals surface area (Å²) in [5.74, 6) is -0.655. The first-order valence-corrected chi connectivity index (χ1v) is 6.47. The Morgan fingerprint density at radius 3 is 2.65 bits per heavy atom. The first kappa shape index (κ1) is 14.8. The lowest BCUT2D eigenvalue weighted by molar-refractivity contribution is 0.298. The van der Waals surface area contributed by atoms with Crippen LogP contribution in [0.2, 0.25) is 5.02 Å². The highest BCUT2D eigenvalue weighted by Crippen LogP contribution is 2.23. The van der Waals surface area contributed by atoms with Crippen LogP contribution in [0.1, 0.15) is 24.1 Å². The molecule has 2 aromatic rings. The first-order valence-electron chi connectivity index (χ1n) is 6.09. The lowest BCUT2D eigenvalue weighted by Gasteiger charge is -2.11. The summed E-state index contributed by atoms with van der Waals surface area (Å²) < 4.78 is 32.7. The number of benzene rings is 2. The van der Waals surface area contributed by atoms with Crippen molar-refractivity contribution in [3.63, 3.8) is 0 Å². The van der Waals surface area contributed by atoms with Gasteiger partial charge in [-0.3, -0.25) is 0 Å². The van der Waals surface area contributed by atoms with Gasteiger partial charge < -0.3 is 10.5 Å². The van der Waals surface area contributed by atoms with Gasteiger partial charge in [-0.1, -0.05) is 29.8 Å². The molecule has 0 radical (unpaired) electrons. The molecule has 0 heterocycles. The van der Waals surface area contributed by atoms with E-state index in [0.29, 0.717) is 16.9 Å². The number of halogens is 3. The third-order valence-electron chi connectivity index (χ3n) is 2.89. The third-order valence-corrected chi connectivity index (χ3v) is 3.18. The van der Waals surface area contributed by atoms with E-state index in [-0.39, 0.29) is 11.6 Å². The highest BCUT2D eigenvalue weighted by atomic mass is 35.5. The average Bonchev–Trinajstić information content (AvgIpc) is 2.40. The fraction of sp³-hybridized carbons (Fsp3) is 0.200. The minimum Gasteiger partial charge on any atom is -0.489 e. The fourth-order valence-electron chi connectivity index (χ4n) is 1.79. The molecule has 2 nitrogen and oxygen atoms in total. The molecule has 20 heavy (non-hydrogen) atoms. The monoisotopic (exact) mass is 297 g/mol. The van der Waals surface area contributed by atoms with Crippen molar-refractivity contribution in [2.24, 2.45) is 5.73 Å². The first-order chi connectivity index (χ1) is 9.49. The summed E-state index contributed by atoms with van der Waals surface area (Å²) in [7, 11) is 0. The second-order valence-corrected chi connectivity index (χ2v) is 4.88. The molecule has 2 N–H and O–H groups in total. The van der Waals surface area contributed by atoms with Crippen LogP contribution in [0.3, 0.4) is 0 Å². The Balaban J connectivity index is 2.11. The van der Waals surface area contributed by atoms with E-state index in [9.17, 15) is 8.78 Å². The van der Waals surface area contributed by atoms with E-state index >= 15 is 0 Å². The number of rotatable bonds is 4. The second kappa shape index (κ2) is 6.20. The molecule has 0 unspecified atom stereocenters. The third kappa shape index (κ3) is 3.26. The maximum atomic E-state index is 13.7. The van der Waals surface area contributed by atoms with E-state index in [2.05, 4.69) is 0 Å². The van der Waals surface area contributed by atoms with Gasteiger partial charge in [0.25, 0.3) is 0 Å². The topological polar surface area (TPSA) is 35.2 Å². The summed E-state index contributed by atoms with van der Waals surface area (Å²) in [6.07, 6.45) is 0. The zero-order valence-electron chi connectivity index (χ0n) is 10.9. The molecule has 2 rings (SSSR count). The highest BCUT2D eigenvalue weighted by molar-refractivity contribution is 6.30. The molecule has 1 atom stereocenters. The molecule has 0 bridgehead atoms. The molecular formula is C15H14ClF2NO. The molecule has 0 saturated heterocycles. The predicted octanol–water partition coefficient (Wildman–Crippen LogP) is 4.22. The van der Waals surface area contributed by atoms with E-state index in [0.717, 1.165) is 0 Å². The number of hydrogen-bond acceptors (Lipinski definition) is 2. The lowest BCUT2D eigenvalue weighted by Crippen LogP contribution is -2.07. The van der Waals surface area contributed by atoms with Crippen molar-refractivity contribution < 1.29 is 13.5 Å². The van der Waals surface area contributed by atoms with Crippen LogP contribution in [0.25, 0.3) is 0 Å². The van der Waals surface area contributed by atoms with E-state index < -0.39 is 17.7 Å². The SMILES string of the molecule is C[C@@H](N)c1ccc(OCc2cccc(Cl)c2F)cc1F. The molecular weight excluding hydrogens is 284 g/mol. The number of ether oxygens (including phenoxy) is 1. The molecule has 5 heteroatoms. The molecule has 0 aliphatic heterocycles. The van der Waals surface area contributed by atoms with Crippen LogP contribution in [0.5, 0.6) is 5.75 Å². The molecule has 106 valence electrons. The summed E-state index contributed by atoms with van der Waals surface area (Å²) in [4.78, 5) is 0. The largest absolute Gasteiger partial charge is 0.489 e. The summed E-state index contributed by atoms with van der Waals surface area (Å²) in [6.45, 7) is 1.67.